The second-order valence-corrected chi connectivity index (χ2v) is 5.21. The fraction of sp³-hybridized carbons (Fsp3) is 0.429. The first-order valence-electron chi connectivity index (χ1n) is 6.27. The lowest BCUT2D eigenvalue weighted by Gasteiger charge is -2.25. The van der Waals surface area contributed by atoms with Gasteiger partial charge in [0.2, 0.25) is 0 Å². The third-order valence-corrected chi connectivity index (χ3v) is 3.80. The Morgan fingerprint density at radius 2 is 2.15 bits per heavy atom. The van der Waals surface area contributed by atoms with Gasteiger partial charge in [0.25, 0.3) is 5.91 Å². The van der Waals surface area contributed by atoms with E-state index < -0.39 is 23.3 Å². The summed E-state index contributed by atoms with van der Waals surface area (Å²) < 4.78 is 5.18. The van der Waals surface area contributed by atoms with E-state index in [4.69, 9.17) is 4.74 Å². The molecule has 1 fully saturated rings. The van der Waals surface area contributed by atoms with Crippen molar-refractivity contribution in [1.29, 1.82) is 0 Å². The van der Waals surface area contributed by atoms with Gasteiger partial charge in [0, 0.05) is 11.1 Å². The number of hydrogen-bond donors (Lipinski definition) is 3. The minimum Gasteiger partial charge on any atom is -0.508 e. The summed E-state index contributed by atoms with van der Waals surface area (Å²) in [6, 6.07) is 4.04. The molecule has 2 rings (SSSR count). The van der Waals surface area contributed by atoms with Gasteiger partial charge in [0.1, 0.15) is 11.2 Å². The van der Waals surface area contributed by atoms with Gasteiger partial charge in [0.15, 0.2) is 0 Å². The number of rotatable bonds is 3. The fourth-order valence-electron chi connectivity index (χ4n) is 2.19. The molecule has 1 heterocycles. The van der Waals surface area contributed by atoms with E-state index in [0.717, 1.165) is 0 Å². The molecule has 3 N–H and O–H groups in total. The quantitative estimate of drug-likeness (QED) is 0.764. The van der Waals surface area contributed by atoms with E-state index in [0.29, 0.717) is 11.1 Å². The smallest absolute Gasteiger partial charge is 0.313 e. The fourth-order valence-corrected chi connectivity index (χ4v) is 2.19. The third-order valence-electron chi connectivity index (χ3n) is 3.80. The van der Waals surface area contributed by atoms with Crippen molar-refractivity contribution >= 4 is 11.9 Å². The van der Waals surface area contributed by atoms with Gasteiger partial charge in [-0.1, -0.05) is 6.07 Å². The number of nitrogens with one attached hydrogen (secondary N) is 1. The van der Waals surface area contributed by atoms with Crippen LogP contribution in [0.15, 0.2) is 18.2 Å². The van der Waals surface area contributed by atoms with Crippen LogP contribution in [-0.4, -0.2) is 41.3 Å². The molecule has 0 saturated carbocycles. The van der Waals surface area contributed by atoms with Crippen molar-refractivity contribution in [2.45, 2.75) is 19.9 Å². The zero-order chi connectivity index (χ0) is 14.9. The van der Waals surface area contributed by atoms with Gasteiger partial charge in [-0.25, -0.2) is 0 Å². The zero-order valence-electron chi connectivity index (χ0n) is 11.3. The number of ether oxygens (including phenoxy) is 1. The summed E-state index contributed by atoms with van der Waals surface area (Å²) >= 11 is 0. The Labute approximate surface area is 116 Å². The van der Waals surface area contributed by atoms with Gasteiger partial charge in [-0.15, -0.1) is 0 Å². The lowest BCUT2D eigenvalue weighted by Crippen LogP contribution is -2.49. The molecule has 0 aliphatic carbocycles. The number of amides is 1. The standard InChI is InChI=1S/C14H17NO5/c1-8-9(4-3-5-10(8)16)12(17)15-11-6-20-7-14(11,2)13(18)19/h3-5,11,16H,6-7H2,1-2H3,(H,15,17)(H,18,19). The van der Waals surface area contributed by atoms with Crippen molar-refractivity contribution in [2.24, 2.45) is 5.41 Å². The first-order chi connectivity index (χ1) is 9.36. The first-order valence-corrected chi connectivity index (χ1v) is 6.27. The number of phenols is 1. The Morgan fingerprint density at radius 1 is 1.45 bits per heavy atom. The highest BCUT2D eigenvalue weighted by Gasteiger charge is 2.47. The molecule has 20 heavy (non-hydrogen) atoms. The molecule has 2 unspecified atom stereocenters. The van der Waals surface area contributed by atoms with Crippen LogP contribution in [-0.2, 0) is 9.53 Å². The molecule has 108 valence electrons. The Kier molecular flexibility index (Phi) is 3.67. The number of carboxylic acid groups (broad SMARTS) is 1. The molecule has 0 spiro atoms. The second-order valence-electron chi connectivity index (χ2n) is 5.21. The number of phenolic OH excluding ortho intramolecular Hbond substituents is 1. The Morgan fingerprint density at radius 3 is 2.80 bits per heavy atom. The van der Waals surface area contributed by atoms with Crippen molar-refractivity contribution in [3.63, 3.8) is 0 Å². The summed E-state index contributed by atoms with van der Waals surface area (Å²) in [5, 5.41) is 21.5. The van der Waals surface area contributed by atoms with Gasteiger partial charge < -0.3 is 20.3 Å². The molecule has 0 radical (unpaired) electrons. The molecule has 6 heteroatoms. The average molecular weight is 279 g/mol. The average Bonchev–Trinajstić information content (AvgIpc) is 2.75. The van der Waals surface area contributed by atoms with E-state index >= 15 is 0 Å². The van der Waals surface area contributed by atoms with Crippen molar-refractivity contribution < 1.29 is 24.5 Å². The maximum absolute atomic E-state index is 12.2. The van der Waals surface area contributed by atoms with Crippen LogP contribution in [0.5, 0.6) is 5.75 Å². The van der Waals surface area contributed by atoms with E-state index in [2.05, 4.69) is 5.32 Å². The van der Waals surface area contributed by atoms with Crippen LogP contribution < -0.4 is 5.32 Å². The van der Waals surface area contributed by atoms with Crippen molar-refractivity contribution in [1.82, 2.24) is 5.32 Å². The molecule has 1 aliphatic heterocycles. The highest BCUT2D eigenvalue weighted by molar-refractivity contribution is 5.96. The minimum atomic E-state index is -1.14. The Hall–Kier alpha value is -2.08. The van der Waals surface area contributed by atoms with Crippen LogP contribution in [0.3, 0.4) is 0 Å². The van der Waals surface area contributed by atoms with Gasteiger partial charge in [-0.3, -0.25) is 9.59 Å². The minimum absolute atomic E-state index is 0.0290. The van der Waals surface area contributed by atoms with Crippen LogP contribution in [0.1, 0.15) is 22.8 Å². The summed E-state index contributed by atoms with van der Waals surface area (Å²) in [6.45, 7) is 3.40. The molecule has 1 saturated heterocycles. The molecule has 1 amide bonds. The predicted molar refractivity (Wildman–Crippen MR) is 70.7 cm³/mol. The topological polar surface area (TPSA) is 95.9 Å². The van der Waals surface area contributed by atoms with Gasteiger partial charge in [0.05, 0.1) is 19.3 Å². The molecular weight excluding hydrogens is 262 g/mol. The molecule has 0 bridgehead atoms. The summed E-state index contributed by atoms with van der Waals surface area (Å²) in [7, 11) is 0. The monoisotopic (exact) mass is 279 g/mol. The van der Waals surface area contributed by atoms with Gasteiger partial charge >= 0.3 is 5.97 Å². The Bertz CT molecular complexity index is 556. The predicted octanol–water partition coefficient (Wildman–Crippen LogP) is 0.920. The van der Waals surface area contributed by atoms with E-state index in [1.165, 1.54) is 6.07 Å². The van der Waals surface area contributed by atoms with E-state index in [-0.39, 0.29) is 19.0 Å². The van der Waals surface area contributed by atoms with Crippen molar-refractivity contribution in [2.75, 3.05) is 13.2 Å². The lowest BCUT2D eigenvalue weighted by molar-refractivity contribution is -0.148. The van der Waals surface area contributed by atoms with Crippen LogP contribution in [0.25, 0.3) is 0 Å². The molecule has 1 aromatic carbocycles. The molecule has 0 aromatic heterocycles. The second kappa shape index (κ2) is 5.13. The summed E-state index contributed by atoms with van der Waals surface area (Å²) in [6.07, 6.45) is 0. The zero-order valence-corrected chi connectivity index (χ0v) is 11.3. The van der Waals surface area contributed by atoms with Crippen LogP contribution in [0.2, 0.25) is 0 Å². The molecule has 1 aromatic rings. The number of carboxylic acids is 1. The normalized spacial score (nSPS) is 25.4. The summed E-state index contributed by atoms with van der Waals surface area (Å²) in [4.78, 5) is 23.5. The van der Waals surface area contributed by atoms with Crippen molar-refractivity contribution in [3.8, 4) is 5.75 Å². The molecule has 6 nitrogen and oxygen atoms in total. The molecule has 2 atom stereocenters. The lowest BCUT2D eigenvalue weighted by atomic mass is 9.85. The first kappa shape index (κ1) is 14.3. The van der Waals surface area contributed by atoms with Gasteiger partial charge in [-0.2, -0.15) is 0 Å². The third kappa shape index (κ3) is 2.34. The summed E-state index contributed by atoms with van der Waals surface area (Å²) in [5.74, 6) is -1.39. The number of carbonyl (C=O) groups excluding carboxylic acids is 1. The van der Waals surface area contributed by atoms with Crippen LogP contribution in [0.4, 0.5) is 0 Å². The number of aliphatic carboxylic acids is 1. The molecule has 1 aliphatic rings. The SMILES string of the molecule is Cc1c(O)cccc1C(=O)NC1COCC1(C)C(=O)O. The number of carbonyl (C=O) groups is 2. The number of aromatic hydroxyl groups is 1. The van der Waals surface area contributed by atoms with Crippen LogP contribution in [0, 0.1) is 12.3 Å². The maximum atomic E-state index is 12.2. The number of benzene rings is 1. The van der Waals surface area contributed by atoms with Crippen LogP contribution >= 0.6 is 0 Å². The largest absolute Gasteiger partial charge is 0.508 e. The highest BCUT2D eigenvalue weighted by Crippen LogP contribution is 2.29. The van der Waals surface area contributed by atoms with E-state index in [1.807, 2.05) is 0 Å². The van der Waals surface area contributed by atoms with Gasteiger partial charge in [-0.05, 0) is 26.0 Å². The van der Waals surface area contributed by atoms with E-state index in [9.17, 15) is 19.8 Å². The maximum Gasteiger partial charge on any atom is 0.313 e. The number of hydrogen-bond acceptors (Lipinski definition) is 4. The van der Waals surface area contributed by atoms with Crippen molar-refractivity contribution in [3.05, 3.63) is 29.3 Å². The van der Waals surface area contributed by atoms with E-state index in [1.54, 1.807) is 26.0 Å². The summed E-state index contributed by atoms with van der Waals surface area (Å²) in [5.41, 5.74) is -0.356. The molecular formula is C14H17NO5. The Balaban J connectivity index is 2.20. The highest BCUT2D eigenvalue weighted by atomic mass is 16.5.